The van der Waals surface area contributed by atoms with Crippen molar-refractivity contribution in [2.24, 2.45) is 0 Å². The molecule has 39 valence electrons. The predicted molar refractivity (Wildman–Crippen MR) is 26.7 cm³/mol. The van der Waals surface area contributed by atoms with Gasteiger partial charge in [0.2, 0.25) is 0 Å². The van der Waals surface area contributed by atoms with Crippen LogP contribution in [-0.2, 0) is 4.79 Å². The van der Waals surface area contributed by atoms with Gasteiger partial charge in [-0.25, -0.2) is 4.79 Å². The molecule has 1 N–H and O–H groups in total. The number of aliphatic carboxylic acids is 1. The fourth-order valence-electron chi connectivity index (χ4n) is 0.211. The van der Waals surface area contributed by atoms with Crippen LogP contribution in [0.2, 0.25) is 0 Å². The molecule has 0 aliphatic heterocycles. The molecule has 0 atom stereocenters. The monoisotopic (exact) mass is 99.0 g/mol. The maximum atomic E-state index is 9.69. The zero-order valence-electron chi connectivity index (χ0n) is 4.14. The van der Waals surface area contributed by atoms with Gasteiger partial charge in [-0.2, -0.15) is 0 Å². The van der Waals surface area contributed by atoms with Crippen LogP contribution in [0, 0.1) is 6.92 Å². The molecule has 0 unspecified atom stereocenters. The summed E-state index contributed by atoms with van der Waals surface area (Å²) in [6, 6.07) is 0. The molecule has 0 rings (SSSR count). The Morgan fingerprint density at radius 3 is 2.29 bits per heavy atom. The molecule has 0 fully saturated rings. The zero-order chi connectivity index (χ0) is 5.86. The summed E-state index contributed by atoms with van der Waals surface area (Å²) in [6.07, 6.45) is 1.06. The van der Waals surface area contributed by atoms with Crippen molar-refractivity contribution in [1.29, 1.82) is 0 Å². The van der Waals surface area contributed by atoms with Crippen LogP contribution in [-0.4, -0.2) is 11.1 Å². The lowest BCUT2D eigenvalue weighted by molar-refractivity contribution is -0.131. The number of hydrogen-bond donors (Lipinski definition) is 1. The van der Waals surface area contributed by atoms with E-state index in [9.17, 15) is 4.79 Å². The second kappa shape index (κ2) is 2.39. The van der Waals surface area contributed by atoms with Gasteiger partial charge in [-0.3, -0.25) is 0 Å². The van der Waals surface area contributed by atoms with Crippen LogP contribution < -0.4 is 0 Å². The van der Waals surface area contributed by atoms with E-state index in [-0.39, 0.29) is 0 Å². The molecule has 0 aromatic heterocycles. The van der Waals surface area contributed by atoms with E-state index in [0.29, 0.717) is 5.57 Å². The van der Waals surface area contributed by atoms with Gasteiger partial charge in [-0.15, -0.1) is 0 Å². The minimum atomic E-state index is -0.937. The number of carboxylic acids is 1. The number of allylic oxidation sites excluding steroid dienone is 1. The molecule has 0 aromatic carbocycles. The van der Waals surface area contributed by atoms with Gasteiger partial charge in [0.25, 0.3) is 0 Å². The Labute approximate surface area is 42.5 Å². The number of rotatable bonds is 1. The van der Waals surface area contributed by atoms with E-state index in [0.717, 1.165) is 6.08 Å². The average Bonchev–Trinajstić information content (AvgIpc) is 1.27. The van der Waals surface area contributed by atoms with Gasteiger partial charge in [-0.05, 0) is 13.8 Å². The maximum Gasteiger partial charge on any atom is 0.328 e. The summed E-state index contributed by atoms with van der Waals surface area (Å²) in [5, 5.41) is 7.97. The van der Waals surface area contributed by atoms with Gasteiger partial charge in [-0.1, -0.05) is 5.57 Å². The van der Waals surface area contributed by atoms with Gasteiger partial charge < -0.3 is 5.11 Å². The summed E-state index contributed by atoms with van der Waals surface area (Å²) in [6.45, 7) is 4.99. The summed E-state index contributed by atoms with van der Waals surface area (Å²) in [5.41, 5.74) is 0.563. The summed E-state index contributed by atoms with van der Waals surface area (Å²) in [5.74, 6) is -0.937. The molecule has 1 radical (unpaired) electrons. The van der Waals surface area contributed by atoms with Crippen LogP contribution in [0.25, 0.3) is 0 Å². The van der Waals surface area contributed by atoms with Crippen molar-refractivity contribution in [3.8, 4) is 0 Å². The highest BCUT2D eigenvalue weighted by Crippen LogP contribution is 1.84. The Bertz CT molecular complexity index is 98.6. The fraction of sp³-hybridized carbons (Fsp3) is 0.200. The molecule has 2 heteroatoms. The minimum Gasteiger partial charge on any atom is -0.478 e. The van der Waals surface area contributed by atoms with Crippen LogP contribution >= 0.6 is 0 Å². The van der Waals surface area contributed by atoms with E-state index in [1.54, 1.807) is 6.92 Å². The topological polar surface area (TPSA) is 37.3 Å². The third-order valence-electron chi connectivity index (χ3n) is 0.370. The second-order valence-corrected chi connectivity index (χ2v) is 1.33. The van der Waals surface area contributed by atoms with Crippen LogP contribution in [0.1, 0.15) is 6.92 Å². The van der Waals surface area contributed by atoms with E-state index in [1.165, 1.54) is 0 Å². The van der Waals surface area contributed by atoms with Gasteiger partial charge in [0.1, 0.15) is 0 Å². The molecule has 0 spiro atoms. The van der Waals surface area contributed by atoms with E-state index in [2.05, 4.69) is 6.92 Å². The number of carboxylic acid groups (broad SMARTS) is 1. The van der Waals surface area contributed by atoms with Gasteiger partial charge in [0.15, 0.2) is 0 Å². The third kappa shape index (κ3) is 5.21. The molecule has 0 bridgehead atoms. The number of carbonyl (C=O) groups is 1. The first-order valence-electron chi connectivity index (χ1n) is 1.86. The lowest BCUT2D eigenvalue weighted by Gasteiger charge is -1.79. The van der Waals surface area contributed by atoms with E-state index in [1.807, 2.05) is 0 Å². The molecule has 0 aliphatic carbocycles. The Hall–Kier alpha value is -0.790. The first-order chi connectivity index (χ1) is 3.13. The van der Waals surface area contributed by atoms with Gasteiger partial charge in [0.05, 0.1) is 0 Å². The van der Waals surface area contributed by atoms with Crippen molar-refractivity contribution in [3.63, 3.8) is 0 Å². The van der Waals surface area contributed by atoms with Crippen molar-refractivity contribution in [3.05, 3.63) is 18.6 Å². The Balaban J connectivity index is 3.68. The SMILES string of the molecule is [CH2]C(C)=CC(=O)O. The minimum absolute atomic E-state index is 0.563. The van der Waals surface area contributed by atoms with Gasteiger partial charge in [0, 0.05) is 6.08 Å². The smallest absolute Gasteiger partial charge is 0.328 e. The summed E-state index contributed by atoms with van der Waals surface area (Å²) >= 11 is 0. The Morgan fingerprint density at radius 2 is 2.29 bits per heavy atom. The van der Waals surface area contributed by atoms with E-state index in [4.69, 9.17) is 5.11 Å². The summed E-state index contributed by atoms with van der Waals surface area (Å²) in [7, 11) is 0. The first-order valence-corrected chi connectivity index (χ1v) is 1.86. The molecule has 2 nitrogen and oxygen atoms in total. The highest BCUT2D eigenvalue weighted by atomic mass is 16.4. The van der Waals surface area contributed by atoms with Crippen molar-refractivity contribution >= 4 is 5.97 Å². The molecular formula is C5H7O2. The van der Waals surface area contributed by atoms with Crippen molar-refractivity contribution < 1.29 is 9.90 Å². The molecule has 7 heavy (non-hydrogen) atoms. The third-order valence-corrected chi connectivity index (χ3v) is 0.370. The molecule has 0 saturated carbocycles. The van der Waals surface area contributed by atoms with Gasteiger partial charge >= 0.3 is 5.97 Å². The van der Waals surface area contributed by atoms with E-state index >= 15 is 0 Å². The zero-order valence-corrected chi connectivity index (χ0v) is 4.14. The fourth-order valence-corrected chi connectivity index (χ4v) is 0.211. The normalized spacial score (nSPS) is 11.4. The number of hydrogen-bond acceptors (Lipinski definition) is 1. The van der Waals surface area contributed by atoms with Crippen molar-refractivity contribution in [1.82, 2.24) is 0 Å². The molecule has 0 heterocycles. The second-order valence-electron chi connectivity index (χ2n) is 1.33. The predicted octanol–water partition coefficient (Wildman–Crippen LogP) is 0.851. The lowest BCUT2D eigenvalue weighted by atomic mass is 10.3. The van der Waals surface area contributed by atoms with Crippen LogP contribution in [0.15, 0.2) is 11.6 Å². The molecule has 0 aromatic rings. The largest absolute Gasteiger partial charge is 0.478 e. The first kappa shape index (κ1) is 6.21. The van der Waals surface area contributed by atoms with Crippen molar-refractivity contribution in [2.45, 2.75) is 6.92 Å². The lowest BCUT2D eigenvalue weighted by Crippen LogP contribution is -1.86. The van der Waals surface area contributed by atoms with Crippen molar-refractivity contribution in [2.75, 3.05) is 0 Å². The summed E-state index contributed by atoms with van der Waals surface area (Å²) < 4.78 is 0. The van der Waals surface area contributed by atoms with E-state index < -0.39 is 5.97 Å². The molecule has 0 saturated heterocycles. The Kier molecular flexibility index (Phi) is 2.12. The quantitative estimate of drug-likeness (QED) is 0.495. The molecule has 0 amide bonds. The van der Waals surface area contributed by atoms with Crippen LogP contribution in [0.5, 0.6) is 0 Å². The average molecular weight is 99.1 g/mol. The highest BCUT2D eigenvalue weighted by molar-refractivity contribution is 5.80. The Morgan fingerprint density at radius 1 is 1.86 bits per heavy atom. The summed E-state index contributed by atoms with van der Waals surface area (Å²) in [4.78, 5) is 9.69. The highest BCUT2D eigenvalue weighted by Gasteiger charge is 1.83. The van der Waals surface area contributed by atoms with Crippen LogP contribution in [0.4, 0.5) is 0 Å². The molecular weight excluding hydrogens is 92.1 g/mol. The van der Waals surface area contributed by atoms with Crippen LogP contribution in [0.3, 0.4) is 0 Å². The maximum absolute atomic E-state index is 9.69. The molecule has 0 aliphatic rings. The standard InChI is InChI=1S/C5H7O2/c1-4(2)3-5(6)7/h3H,1H2,2H3,(H,6,7).